The summed E-state index contributed by atoms with van der Waals surface area (Å²) in [5, 5.41) is 11.4. The number of nitrogens with one attached hydrogen (secondary N) is 1. The molecule has 0 radical (unpaired) electrons. The van der Waals surface area contributed by atoms with Crippen LogP contribution in [0.1, 0.15) is 57.1 Å². The SMILES string of the molecule is CCNC(=O)[C@H]1CC/C(=[N+]2/N=NC=C2c2ccc(-c3ccc(C(C)C)cc3)cc2)C1. The quantitative estimate of drug-likeness (QED) is 0.657. The summed E-state index contributed by atoms with van der Waals surface area (Å²) in [6.45, 7) is 7.05. The Balaban J connectivity index is 1.52. The molecule has 0 bridgehead atoms. The van der Waals surface area contributed by atoms with Crippen molar-refractivity contribution >= 4 is 17.3 Å². The predicted molar refractivity (Wildman–Crippen MR) is 120 cm³/mol. The monoisotopic (exact) mass is 401 g/mol. The number of carbonyl (C=O) groups excluding carboxylic acids is 1. The van der Waals surface area contributed by atoms with Crippen molar-refractivity contribution in [3.63, 3.8) is 0 Å². The van der Waals surface area contributed by atoms with Gasteiger partial charge in [0.15, 0.2) is 0 Å². The normalized spacial score (nSPS) is 20.7. The zero-order valence-corrected chi connectivity index (χ0v) is 17.9. The summed E-state index contributed by atoms with van der Waals surface area (Å²) in [5.41, 5.74) is 6.97. The van der Waals surface area contributed by atoms with E-state index < -0.39 is 0 Å². The number of rotatable bonds is 5. The average molecular weight is 402 g/mol. The zero-order valence-electron chi connectivity index (χ0n) is 17.9. The fourth-order valence-electron chi connectivity index (χ4n) is 4.12. The minimum Gasteiger partial charge on any atom is -0.356 e. The van der Waals surface area contributed by atoms with Gasteiger partial charge in [0.1, 0.15) is 10.9 Å². The van der Waals surface area contributed by atoms with Crippen LogP contribution in [0.3, 0.4) is 0 Å². The lowest BCUT2D eigenvalue weighted by molar-refractivity contribution is -0.441. The Morgan fingerprint density at radius 3 is 2.33 bits per heavy atom. The Morgan fingerprint density at radius 2 is 1.70 bits per heavy atom. The van der Waals surface area contributed by atoms with Crippen LogP contribution < -0.4 is 5.32 Å². The molecule has 30 heavy (non-hydrogen) atoms. The van der Waals surface area contributed by atoms with Gasteiger partial charge in [-0.15, -0.1) is 0 Å². The van der Waals surface area contributed by atoms with E-state index in [1.54, 1.807) is 6.20 Å². The number of amides is 1. The molecule has 5 heteroatoms. The van der Waals surface area contributed by atoms with E-state index in [0.717, 1.165) is 36.2 Å². The molecule has 1 aliphatic heterocycles. The Morgan fingerprint density at radius 1 is 1.07 bits per heavy atom. The van der Waals surface area contributed by atoms with E-state index in [2.05, 4.69) is 78.0 Å². The molecule has 1 aliphatic carbocycles. The van der Waals surface area contributed by atoms with E-state index in [0.29, 0.717) is 12.5 Å². The summed E-state index contributed by atoms with van der Waals surface area (Å²) in [7, 11) is 0. The van der Waals surface area contributed by atoms with E-state index in [1.807, 2.05) is 11.6 Å². The second-order valence-electron chi connectivity index (χ2n) is 8.29. The molecule has 2 aromatic carbocycles. The first kappa shape index (κ1) is 20.2. The molecule has 2 aromatic rings. The number of carbonyl (C=O) groups is 1. The van der Waals surface area contributed by atoms with E-state index in [-0.39, 0.29) is 11.8 Å². The zero-order chi connectivity index (χ0) is 21.1. The minimum absolute atomic E-state index is 0.0354. The van der Waals surface area contributed by atoms with Gasteiger partial charge in [-0.05, 0) is 48.1 Å². The third kappa shape index (κ3) is 4.11. The van der Waals surface area contributed by atoms with Gasteiger partial charge in [0.2, 0.25) is 17.8 Å². The summed E-state index contributed by atoms with van der Waals surface area (Å²) < 4.78 is 1.92. The highest BCUT2D eigenvalue weighted by molar-refractivity contribution is 5.91. The molecule has 4 rings (SSSR count). The summed E-state index contributed by atoms with van der Waals surface area (Å²) in [4.78, 5) is 12.2. The van der Waals surface area contributed by atoms with Crippen LogP contribution in [0, 0.1) is 5.92 Å². The van der Waals surface area contributed by atoms with Gasteiger partial charge in [0.05, 0.1) is 5.11 Å². The van der Waals surface area contributed by atoms with Crippen molar-refractivity contribution in [2.45, 2.75) is 46.0 Å². The molecule has 1 fully saturated rings. The maximum atomic E-state index is 12.2. The van der Waals surface area contributed by atoms with E-state index in [1.165, 1.54) is 16.7 Å². The van der Waals surface area contributed by atoms with Crippen LogP contribution in [0.2, 0.25) is 0 Å². The van der Waals surface area contributed by atoms with E-state index in [4.69, 9.17) is 0 Å². The molecule has 5 nitrogen and oxygen atoms in total. The average Bonchev–Trinajstić information content (AvgIpc) is 3.44. The van der Waals surface area contributed by atoms with Gasteiger partial charge in [-0.2, -0.15) is 0 Å². The predicted octanol–water partition coefficient (Wildman–Crippen LogP) is 5.55. The molecule has 0 aromatic heterocycles. The smallest absolute Gasteiger partial charge is 0.223 e. The molecule has 1 heterocycles. The van der Waals surface area contributed by atoms with Crippen molar-refractivity contribution in [1.82, 2.24) is 5.32 Å². The van der Waals surface area contributed by atoms with Gasteiger partial charge in [-0.3, -0.25) is 4.79 Å². The van der Waals surface area contributed by atoms with Crippen LogP contribution in [-0.4, -0.2) is 22.8 Å². The highest BCUT2D eigenvalue weighted by atomic mass is 16.1. The number of hydrogen-bond donors (Lipinski definition) is 1. The first-order chi connectivity index (χ1) is 14.6. The molecular weight excluding hydrogens is 372 g/mol. The van der Waals surface area contributed by atoms with Gasteiger partial charge in [-0.25, -0.2) is 0 Å². The number of nitrogens with zero attached hydrogens (tertiary/aromatic N) is 3. The molecule has 1 N–H and O–H groups in total. The van der Waals surface area contributed by atoms with Crippen molar-refractivity contribution in [3.05, 3.63) is 65.9 Å². The van der Waals surface area contributed by atoms with Crippen LogP contribution in [0.25, 0.3) is 16.8 Å². The maximum absolute atomic E-state index is 12.2. The fraction of sp³-hybridized carbons (Fsp3) is 0.360. The standard InChI is InChI=1S/C25H28N4O/c1-4-26-25(30)22-13-14-23(15-22)29-24(16-27-28-29)21-11-9-20(10-12-21)19-7-5-18(6-8-19)17(2)3/h5-12,16-17,22H,4,13-15H2,1-3H3/p+1/b29-23-/t22-/m0/s1. The molecule has 0 unspecified atom stereocenters. The van der Waals surface area contributed by atoms with Gasteiger partial charge in [0, 0.05) is 30.9 Å². The van der Waals surface area contributed by atoms with Crippen LogP contribution in [0.5, 0.6) is 0 Å². The number of hydrogen-bond acceptors (Lipinski definition) is 3. The molecule has 154 valence electrons. The molecule has 0 saturated heterocycles. The number of benzene rings is 2. The van der Waals surface area contributed by atoms with Gasteiger partial charge in [0.25, 0.3) is 0 Å². The van der Waals surface area contributed by atoms with Crippen LogP contribution in [0.15, 0.2) is 65.1 Å². The molecule has 0 spiro atoms. The van der Waals surface area contributed by atoms with Crippen molar-refractivity contribution in [1.29, 1.82) is 0 Å². The van der Waals surface area contributed by atoms with E-state index in [9.17, 15) is 4.79 Å². The van der Waals surface area contributed by atoms with Gasteiger partial charge < -0.3 is 5.32 Å². The lowest BCUT2D eigenvalue weighted by atomic mass is 9.98. The lowest BCUT2D eigenvalue weighted by Gasteiger charge is -2.08. The second-order valence-corrected chi connectivity index (χ2v) is 8.29. The topological polar surface area (TPSA) is 56.8 Å². The first-order valence-electron chi connectivity index (χ1n) is 10.8. The lowest BCUT2D eigenvalue weighted by Crippen LogP contribution is -2.29. The molecule has 1 atom stereocenters. The van der Waals surface area contributed by atoms with Crippen LogP contribution in [0.4, 0.5) is 0 Å². The highest BCUT2D eigenvalue weighted by Crippen LogP contribution is 2.30. The summed E-state index contributed by atoms with van der Waals surface area (Å²) in [5.74, 6) is 0.713. The van der Waals surface area contributed by atoms with Crippen LogP contribution >= 0.6 is 0 Å². The summed E-state index contributed by atoms with van der Waals surface area (Å²) >= 11 is 0. The Kier molecular flexibility index (Phi) is 5.88. The maximum Gasteiger partial charge on any atom is 0.223 e. The van der Waals surface area contributed by atoms with Gasteiger partial charge >= 0.3 is 0 Å². The highest BCUT2D eigenvalue weighted by Gasteiger charge is 2.33. The Labute approximate surface area is 178 Å². The molecule has 1 saturated carbocycles. The van der Waals surface area contributed by atoms with Crippen LogP contribution in [-0.2, 0) is 4.79 Å². The summed E-state index contributed by atoms with van der Waals surface area (Å²) in [6, 6.07) is 17.3. The van der Waals surface area contributed by atoms with Gasteiger partial charge in [-0.1, -0.05) is 54.9 Å². The molecule has 2 aliphatic rings. The van der Waals surface area contributed by atoms with E-state index >= 15 is 0 Å². The first-order valence-corrected chi connectivity index (χ1v) is 10.8. The third-order valence-electron chi connectivity index (χ3n) is 5.93. The van der Waals surface area contributed by atoms with Crippen molar-refractivity contribution < 1.29 is 9.48 Å². The minimum atomic E-state index is 0.0354. The fourth-order valence-corrected chi connectivity index (χ4v) is 4.12. The third-order valence-corrected chi connectivity index (χ3v) is 5.93. The van der Waals surface area contributed by atoms with Crippen molar-refractivity contribution in [2.24, 2.45) is 16.3 Å². The van der Waals surface area contributed by atoms with Crippen molar-refractivity contribution in [2.75, 3.05) is 6.54 Å². The Hall–Kier alpha value is -3.08. The largest absolute Gasteiger partial charge is 0.356 e. The molecule has 1 amide bonds. The second kappa shape index (κ2) is 8.74. The Bertz CT molecular complexity index is 1010. The molecular formula is C25H29N4O+. The van der Waals surface area contributed by atoms with Crippen molar-refractivity contribution in [3.8, 4) is 11.1 Å². The summed E-state index contributed by atoms with van der Waals surface area (Å²) in [6.07, 6.45) is 4.28.